The van der Waals surface area contributed by atoms with Crippen LogP contribution in [0.5, 0.6) is 11.5 Å². The van der Waals surface area contributed by atoms with E-state index in [0.29, 0.717) is 30.4 Å². The summed E-state index contributed by atoms with van der Waals surface area (Å²) in [5.41, 5.74) is 0.519. The fourth-order valence-electron chi connectivity index (χ4n) is 1.92. The van der Waals surface area contributed by atoms with Gasteiger partial charge in [-0.3, -0.25) is 4.72 Å². The van der Waals surface area contributed by atoms with Crippen LogP contribution in [0.3, 0.4) is 0 Å². The molecule has 0 radical (unpaired) electrons. The maximum absolute atomic E-state index is 12.4. The first-order valence-electron chi connectivity index (χ1n) is 6.23. The standard InChI is InChI=1S/C14H12INO4S/c15-10-1-3-11(4-2-10)16-21(17,18)12-5-6-13-14(9-12)20-8-7-19-13/h1-6,9,16H,7-8H2. The highest BCUT2D eigenvalue weighted by Gasteiger charge is 2.19. The van der Waals surface area contributed by atoms with Crippen molar-refractivity contribution in [2.45, 2.75) is 4.90 Å². The Labute approximate surface area is 136 Å². The molecule has 0 unspecified atom stereocenters. The van der Waals surface area contributed by atoms with Gasteiger partial charge in [0.15, 0.2) is 11.5 Å². The van der Waals surface area contributed by atoms with Crippen molar-refractivity contribution < 1.29 is 17.9 Å². The molecular formula is C14H12INO4S. The minimum atomic E-state index is -3.65. The summed E-state index contributed by atoms with van der Waals surface area (Å²) in [4.78, 5) is 0.144. The molecule has 3 rings (SSSR count). The average Bonchev–Trinajstić information content (AvgIpc) is 2.49. The van der Waals surface area contributed by atoms with Crippen LogP contribution >= 0.6 is 22.6 Å². The average molecular weight is 417 g/mol. The molecule has 0 saturated carbocycles. The van der Waals surface area contributed by atoms with Gasteiger partial charge in [0.2, 0.25) is 0 Å². The van der Waals surface area contributed by atoms with Crippen LogP contribution in [0.15, 0.2) is 47.4 Å². The second kappa shape index (κ2) is 5.72. The SMILES string of the molecule is O=S(=O)(Nc1ccc(I)cc1)c1ccc2c(c1)OCCO2. The minimum Gasteiger partial charge on any atom is -0.486 e. The highest BCUT2D eigenvalue weighted by Crippen LogP contribution is 2.32. The molecule has 1 heterocycles. The number of rotatable bonds is 3. The summed E-state index contributed by atoms with van der Waals surface area (Å²) in [5.74, 6) is 1.01. The summed E-state index contributed by atoms with van der Waals surface area (Å²) in [6, 6.07) is 11.7. The van der Waals surface area contributed by atoms with Gasteiger partial charge in [0.25, 0.3) is 10.0 Å². The van der Waals surface area contributed by atoms with Crippen LogP contribution in [-0.2, 0) is 10.0 Å². The Balaban J connectivity index is 1.89. The predicted octanol–water partition coefficient (Wildman–Crippen LogP) is 2.86. The van der Waals surface area contributed by atoms with E-state index in [1.54, 1.807) is 18.2 Å². The summed E-state index contributed by atoms with van der Waals surface area (Å²) < 4.78 is 39.1. The maximum atomic E-state index is 12.4. The van der Waals surface area contributed by atoms with Crippen LogP contribution in [0.1, 0.15) is 0 Å². The van der Waals surface area contributed by atoms with Crippen molar-refractivity contribution in [3.05, 3.63) is 46.0 Å². The predicted molar refractivity (Wildman–Crippen MR) is 87.4 cm³/mol. The lowest BCUT2D eigenvalue weighted by molar-refractivity contribution is 0.171. The Morgan fingerprint density at radius 1 is 0.952 bits per heavy atom. The zero-order chi connectivity index (χ0) is 14.9. The fraction of sp³-hybridized carbons (Fsp3) is 0.143. The monoisotopic (exact) mass is 417 g/mol. The molecule has 0 aromatic heterocycles. The fourth-order valence-corrected chi connectivity index (χ4v) is 3.36. The molecule has 0 fully saturated rings. The van der Waals surface area contributed by atoms with E-state index < -0.39 is 10.0 Å². The van der Waals surface area contributed by atoms with Crippen molar-refractivity contribution in [2.75, 3.05) is 17.9 Å². The van der Waals surface area contributed by atoms with Crippen LogP contribution < -0.4 is 14.2 Å². The molecule has 7 heteroatoms. The third kappa shape index (κ3) is 3.24. The van der Waals surface area contributed by atoms with Gasteiger partial charge >= 0.3 is 0 Å². The molecular weight excluding hydrogens is 405 g/mol. The third-order valence-electron chi connectivity index (χ3n) is 2.92. The second-order valence-electron chi connectivity index (χ2n) is 4.42. The summed E-state index contributed by atoms with van der Waals surface area (Å²) in [6.45, 7) is 0.890. The second-order valence-corrected chi connectivity index (χ2v) is 7.35. The molecule has 0 spiro atoms. The van der Waals surface area contributed by atoms with Gasteiger partial charge in [-0.25, -0.2) is 8.42 Å². The van der Waals surface area contributed by atoms with Crippen LogP contribution in [0, 0.1) is 3.57 Å². The molecule has 110 valence electrons. The Kier molecular flexibility index (Phi) is 3.94. The molecule has 0 saturated heterocycles. The number of nitrogens with one attached hydrogen (secondary N) is 1. The van der Waals surface area contributed by atoms with E-state index in [1.165, 1.54) is 12.1 Å². The first-order chi connectivity index (χ1) is 10.0. The van der Waals surface area contributed by atoms with Crippen molar-refractivity contribution in [1.29, 1.82) is 0 Å². The van der Waals surface area contributed by atoms with Gasteiger partial charge in [-0.15, -0.1) is 0 Å². The molecule has 2 aromatic carbocycles. The zero-order valence-electron chi connectivity index (χ0n) is 10.9. The number of hydrogen-bond donors (Lipinski definition) is 1. The summed E-state index contributed by atoms with van der Waals surface area (Å²) in [5, 5.41) is 0. The van der Waals surface area contributed by atoms with Gasteiger partial charge in [0.05, 0.1) is 4.90 Å². The van der Waals surface area contributed by atoms with E-state index in [1.807, 2.05) is 12.1 Å². The highest BCUT2D eigenvalue weighted by molar-refractivity contribution is 14.1. The molecule has 0 atom stereocenters. The van der Waals surface area contributed by atoms with Crippen molar-refractivity contribution >= 4 is 38.3 Å². The number of benzene rings is 2. The van der Waals surface area contributed by atoms with E-state index in [-0.39, 0.29) is 4.90 Å². The first-order valence-corrected chi connectivity index (χ1v) is 8.79. The number of halogens is 1. The van der Waals surface area contributed by atoms with Crippen LogP contribution in [0.2, 0.25) is 0 Å². The van der Waals surface area contributed by atoms with Crippen molar-refractivity contribution in [2.24, 2.45) is 0 Å². The molecule has 2 aromatic rings. The van der Waals surface area contributed by atoms with E-state index in [2.05, 4.69) is 27.3 Å². The van der Waals surface area contributed by atoms with Gasteiger partial charge in [-0.2, -0.15) is 0 Å². The van der Waals surface area contributed by atoms with Gasteiger partial charge in [0, 0.05) is 15.3 Å². The number of anilines is 1. The van der Waals surface area contributed by atoms with Crippen LogP contribution in [0.25, 0.3) is 0 Å². The largest absolute Gasteiger partial charge is 0.486 e. The van der Waals surface area contributed by atoms with Crippen molar-refractivity contribution in [1.82, 2.24) is 0 Å². The minimum absolute atomic E-state index is 0.144. The van der Waals surface area contributed by atoms with Crippen LogP contribution in [-0.4, -0.2) is 21.6 Å². The first kappa shape index (κ1) is 14.5. The Morgan fingerprint density at radius 2 is 1.62 bits per heavy atom. The number of fused-ring (bicyclic) bond motifs is 1. The van der Waals surface area contributed by atoms with E-state index in [0.717, 1.165) is 3.57 Å². The topological polar surface area (TPSA) is 64.6 Å². The van der Waals surface area contributed by atoms with Gasteiger partial charge in [-0.05, 0) is 59.0 Å². The summed E-state index contributed by atoms with van der Waals surface area (Å²) in [7, 11) is -3.65. The molecule has 21 heavy (non-hydrogen) atoms. The molecule has 0 aliphatic carbocycles. The lowest BCUT2D eigenvalue weighted by atomic mass is 10.3. The van der Waals surface area contributed by atoms with E-state index in [4.69, 9.17) is 9.47 Å². The van der Waals surface area contributed by atoms with Crippen LogP contribution in [0.4, 0.5) is 5.69 Å². The Morgan fingerprint density at radius 3 is 2.33 bits per heavy atom. The van der Waals surface area contributed by atoms with Gasteiger partial charge in [-0.1, -0.05) is 0 Å². The van der Waals surface area contributed by atoms with Gasteiger partial charge in [0.1, 0.15) is 13.2 Å². The molecule has 0 bridgehead atoms. The zero-order valence-corrected chi connectivity index (χ0v) is 13.8. The summed E-state index contributed by atoms with van der Waals surface area (Å²) >= 11 is 2.16. The van der Waals surface area contributed by atoms with Gasteiger partial charge < -0.3 is 9.47 Å². The summed E-state index contributed by atoms with van der Waals surface area (Å²) in [6.07, 6.45) is 0. The van der Waals surface area contributed by atoms with Crippen molar-refractivity contribution in [3.63, 3.8) is 0 Å². The van der Waals surface area contributed by atoms with Crippen molar-refractivity contribution in [3.8, 4) is 11.5 Å². The molecule has 5 nitrogen and oxygen atoms in total. The number of hydrogen-bond acceptors (Lipinski definition) is 4. The lowest BCUT2D eigenvalue weighted by Crippen LogP contribution is -2.17. The molecule has 1 aliphatic rings. The molecule has 1 N–H and O–H groups in total. The molecule has 1 aliphatic heterocycles. The molecule has 0 amide bonds. The van der Waals surface area contributed by atoms with E-state index >= 15 is 0 Å². The normalized spacial score (nSPS) is 13.8. The number of sulfonamides is 1. The highest BCUT2D eigenvalue weighted by atomic mass is 127. The lowest BCUT2D eigenvalue weighted by Gasteiger charge is -2.19. The Hall–Kier alpha value is -1.48. The quantitative estimate of drug-likeness (QED) is 0.781. The maximum Gasteiger partial charge on any atom is 0.262 e. The van der Waals surface area contributed by atoms with E-state index in [9.17, 15) is 8.42 Å². The Bertz CT molecular complexity index is 759. The smallest absolute Gasteiger partial charge is 0.262 e. The third-order valence-corrected chi connectivity index (χ3v) is 5.02. The number of ether oxygens (including phenoxy) is 2.